The van der Waals surface area contributed by atoms with E-state index < -0.39 is 0 Å². The zero-order valence-corrected chi connectivity index (χ0v) is 19.5. The van der Waals surface area contributed by atoms with Crippen LogP contribution in [0.3, 0.4) is 0 Å². The Balaban J connectivity index is 1.50. The molecule has 1 aliphatic heterocycles. The minimum atomic E-state index is 0.293. The van der Waals surface area contributed by atoms with Crippen molar-refractivity contribution in [2.45, 2.75) is 63.6 Å². The number of guanidine groups is 1. The van der Waals surface area contributed by atoms with Crippen LogP contribution in [-0.2, 0) is 11.3 Å². The molecule has 0 amide bonds. The van der Waals surface area contributed by atoms with E-state index >= 15 is 0 Å². The number of methoxy groups -OCH3 is 2. The third-order valence-electron chi connectivity index (χ3n) is 6.29. The molecule has 1 saturated heterocycles. The molecule has 0 unspecified atom stereocenters. The van der Waals surface area contributed by atoms with Gasteiger partial charge in [0, 0.05) is 58.5 Å². The number of aliphatic imine (C=N–C) groups is 1. The van der Waals surface area contributed by atoms with E-state index in [0.29, 0.717) is 18.7 Å². The lowest BCUT2D eigenvalue weighted by molar-refractivity contribution is 0.155. The molecule has 2 fully saturated rings. The molecule has 174 valence electrons. The standard InChI is InChI=1S/C24H40N4O3/c1-25-24(27-20-12-15-28(16-13-20)14-7-17-29-2)26-18-19-8-6-11-22(30-3)23(19)31-21-9-4-5-10-21/h6,8,11,20-21H,4-5,7,9-10,12-18H2,1-3H3,(H2,25,26,27). The third kappa shape index (κ3) is 7.28. The number of hydrogen-bond donors (Lipinski definition) is 2. The highest BCUT2D eigenvalue weighted by molar-refractivity contribution is 5.80. The third-order valence-corrected chi connectivity index (χ3v) is 6.29. The lowest BCUT2D eigenvalue weighted by Crippen LogP contribution is -2.48. The highest BCUT2D eigenvalue weighted by Crippen LogP contribution is 2.34. The molecule has 1 heterocycles. The van der Waals surface area contributed by atoms with Crippen LogP contribution in [0.2, 0.25) is 0 Å². The van der Waals surface area contributed by atoms with Crippen LogP contribution in [0.1, 0.15) is 50.5 Å². The fourth-order valence-electron chi connectivity index (χ4n) is 4.47. The zero-order valence-electron chi connectivity index (χ0n) is 19.5. The van der Waals surface area contributed by atoms with Gasteiger partial charge in [-0.25, -0.2) is 0 Å². The van der Waals surface area contributed by atoms with E-state index in [2.05, 4.69) is 26.6 Å². The summed E-state index contributed by atoms with van der Waals surface area (Å²) in [5, 5.41) is 7.08. The summed E-state index contributed by atoms with van der Waals surface area (Å²) in [7, 11) is 5.30. The van der Waals surface area contributed by atoms with Crippen molar-refractivity contribution in [1.29, 1.82) is 0 Å². The van der Waals surface area contributed by atoms with Crippen molar-refractivity contribution < 1.29 is 14.2 Å². The Morgan fingerprint density at radius 1 is 1.13 bits per heavy atom. The number of benzene rings is 1. The van der Waals surface area contributed by atoms with E-state index in [-0.39, 0.29) is 0 Å². The van der Waals surface area contributed by atoms with E-state index in [1.807, 2.05) is 19.2 Å². The topological polar surface area (TPSA) is 67.4 Å². The van der Waals surface area contributed by atoms with Gasteiger partial charge in [-0.05, 0) is 51.0 Å². The van der Waals surface area contributed by atoms with E-state index in [1.54, 1.807) is 14.2 Å². The summed E-state index contributed by atoms with van der Waals surface area (Å²) in [5.41, 5.74) is 1.10. The summed E-state index contributed by atoms with van der Waals surface area (Å²) in [6.07, 6.45) is 8.39. The van der Waals surface area contributed by atoms with Gasteiger partial charge in [-0.1, -0.05) is 12.1 Å². The molecule has 1 aromatic rings. The summed E-state index contributed by atoms with van der Waals surface area (Å²) >= 11 is 0. The minimum absolute atomic E-state index is 0.293. The number of piperidine rings is 1. The molecule has 1 aromatic carbocycles. The fraction of sp³-hybridized carbons (Fsp3) is 0.708. The van der Waals surface area contributed by atoms with Gasteiger partial charge in [-0.2, -0.15) is 0 Å². The number of ether oxygens (including phenoxy) is 3. The first-order valence-electron chi connectivity index (χ1n) is 11.7. The molecule has 1 saturated carbocycles. The van der Waals surface area contributed by atoms with Crippen LogP contribution in [0.25, 0.3) is 0 Å². The van der Waals surface area contributed by atoms with Crippen molar-refractivity contribution in [1.82, 2.24) is 15.5 Å². The minimum Gasteiger partial charge on any atom is -0.493 e. The lowest BCUT2D eigenvalue weighted by Gasteiger charge is -2.33. The molecule has 31 heavy (non-hydrogen) atoms. The first-order chi connectivity index (χ1) is 15.2. The molecule has 0 bridgehead atoms. The Bertz CT molecular complexity index is 683. The van der Waals surface area contributed by atoms with Crippen molar-refractivity contribution in [2.75, 3.05) is 47.5 Å². The number of nitrogens with one attached hydrogen (secondary N) is 2. The van der Waals surface area contributed by atoms with Gasteiger partial charge in [-0.15, -0.1) is 0 Å². The number of hydrogen-bond acceptors (Lipinski definition) is 5. The second kappa shape index (κ2) is 12.8. The van der Waals surface area contributed by atoms with Gasteiger partial charge in [0.05, 0.1) is 13.2 Å². The molecule has 7 nitrogen and oxygen atoms in total. The number of likely N-dealkylation sites (tertiary alicyclic amines) is 1. The number of nitrogens with zero attached hydrogens (tertiary/aromatic N) is 2. The van der Waals surface area contributed by atoms with Crippen molar-refractivity contribution in [3.63, 3.8) is 0 Å². The van der Waals surface area contributed by atoms with Crippen LogP contribution in [0.4, 0.5) is 0 Å². The van der Waals surface area contributed by atoms with Crippen molar-refractivity contribution in [3.8, 4) is 11.5 Å². The number of rotatable bonds is 10. The number of para-hydroxylation sites is 1. The molecule has 0 spiro atoms. The molecular weight excluding hydrogens is 392 g/mol. The Labute approximate surface area is 187 Å². The zero-order chi connectivity index (χ0) is 21.9. The van der Waals surface area contributed by atoms with Crippen LogP contribution in [0.5, 0.6) is 11.5 Å². The van der Waals surface area contributed by atoms with Gasteiger partial charge in [-0.3, -0.25) is 4.99 Å². The normalized spacial score (nSPS) is 18.9. The van der Waals surface area contributed by atoms with Gasteiger partial charge in [0.1, 0.15) is 0 Å². The maximum absolute atomic E-state index is 6.36. The maximum Gasteiger partial charge on any atom is 0.191 e. The van der Waals surface area contributed by atoms with Crippen LogP contribution in [0.15, 0.2) is 23.2 Å². The van der Waals surface area contributed by atoms with Crippen LogP contribution in [0, 0.1) is 0 Å². The molecular formula is C24H40N4O3. The molecule has 1 aliphatic carbocycles. The van der Waals surface area contributed by atoms with Crippen molar-refractivity contribution in [3.05, 3.63) is 23.8 Å². The van der Waals surface area contributed by atoms with E-state index in [9.17, 15) is 0 Å². The first-order valence-corrected chi connectivity index (χ1v) is 11.7. The van der Waals surface area contributed by atoms with Gasteiger partial charge < -0.3 is 29.7 Å². The summed E-state index contributed by atoms with van der Waals surface area (Å²) in [5.74, 6) is 2.51. The van der Waals surface area contributed by atoms with E-state index in [0.717, 1.165) is 81.4 Å². The molecule has 0 atom stereocenters. The Morgan fingerprint density at radius 3 is 2.58 bits per heavy atom. The van der Waals surface area contributed by atoms with Gasteiger partial charge >= 0.3 is 0 Å². The molecule has 0 aromatic heterocycles. The van der Waals surface area contributed by atoms with E-state index in [1.165, 1.54) is 12.8 Å². The summed E-state index contributed by atoms with van der Waals surface area (Å²) < 4.78 is 17.1. The van der Waals surface area contributed by atoms with Crippen LogP contribution in [-0.4, -0.2) is 70.5 Å². The Morgan fingerprint density at radius 2 is 1.90 bits per heavy atom. The average molecular weight is 433 g/mol. The molecule has 3 rings (SSSR count). The highest BCUT2D eigenvalue weighted by Gasteiger charge is 2.22. The quantitative estimate of drug-likeness (QED) is 0.336. The highest BCUT2D eigenvalue weighted by atomic mass is 16.5. The van der Waals surface area contributed by atoms with Crippen molar-refractivity contribution >= 4 is 5.96 Å². The summed E-state index contributed by atoms with van der Waals surface area (Å²) in [6.45, 7) is 4.84. The Hall–Kier alpha value is -1.99. The van der Waals surface area contributed by atoms with Gasteiger partial charge in [0.25, 0.3) is 0 Å². The molecule has 2 N–H and O–H groups in total. The van der Waals surface area contributed by atoms with Crippen LogP contribution >= 0.6 is 0 Å². The second-order valence-corrected chi connectivity index (χ2v) is 8.51. The first kappa shape index (κ1) is 23.7. The molecule has 2 aliphatic rings. The van der Waals surface area contributed by atoms with Gasteiger partial charge in [0.15, 0.2) is 17.5 Å². The summed E-state index contributed by atoms with van der Waals surface area (Å²) in [6, 6.07) is 6.55. The Kier molecular flexibility index (Phi) is 9.75. The van der Waals surface area contributed by atoms with E-state index in [4.69, 9.17) is 14.2 Å². The van der Waals surface area contributed by atoms with Crippen molar-refractivity contribution in [2.24, 2.45) is 4.99 Å². The smallest absolute Gasteiger partial charge is 0.191 e. The monoisotopic (exact) mass is 432 g/mol. The fourth-order valence-corrected chi connectivity index (χ4v) is 4.47. The average Bonchev–Trinajstić information content (AvgIpc) is 3.31. The van der Waals surface area contributed by atoms with Crippen LogP contribution < -0.4 is 20.1 Å². The van der Waals surface area contributed by atoms with Gasteiger partial charge in [0.2, 0.25) is 0 Å². The lowest BCUT2D eigenvalue weighted by atomic mass is 10.1. The molecule has 0 radical (unpaired) electrons. The SMILES string of the molecule is CN=C(NCc1cccc(OC)c1OC1CCCC1)NC1CCN(CCCOC)CC1. The predicted molar refractivity (Wildman–Crippen MR) is 125 cm³/mol. The maximum atomic E-state index is 6.36. The summed E-state index contributed by atoms with van der Waals surface area (Å²) in [4.78, 5) is 6.97. The predicted octanol–water partition coefficient (Wildman–Crippen LogP) is 3.18. The molecule has 7 heteroatoms. The largest absolute Gasteiger partial charge is 0.493 e. The second-order valence-electron chi connectivity index (χ2n) is 8.51.